The number of hydrogen-bond acceptors (Lipinski definition) is 3. The summed E-state index contributed by atoms with van der Waals surface area (Å²) in [7, 11) is 2.24. The van der Waals surface area contributed by atoms with Gasteiger partial charge in [-0.15, -0.1) is 0 Å². The molecule has 1 aliphatic heterocycles. The van der Waals surface area contributed by atoms with E-state index in [1.165, 1.54) is 50.9 Å². The van der Waals surface area contributed by atoms with Gasteiger partial charge >= 0.3 is 0 Å². The fourth-order valence-electron chi connectivity index (χ4n) is 3.00. The van der Waals surface area contributed by atoms with Crippen molar-refractivity contribution in [2.75, 3.05) is 39.0 Å². The van der Waals surface area contributed by atoms with Crippen molar-refractivity contribution < 1.29 is 0 Å². The van der Waals surface area contributed by atoms with Crippen molar-refractivity contribution in [2.24, 2.45) is 0 Å². The minimum Gasteiger partial charge on any atom is -0.303 e. The largest absolute Gasteiger partial charge is 0.303 e. The van der Waals surface area contributed by atoms with Gasteiger partial charge in [0, 0.05) is 25.7 Å². The number of piperazine rings is 1. The lowest BCUT2D eigenvalue weighted by atomic mass is 10.0. The van der Waals surface area contributed by atoms with Crippen molar-refractivity contribution in [3.05, 3.63) is 35.9 Å². The van der Waals surface area contributed by atoms with E-state index in [-0.39, 0.29) is 0 Å². The third-order valence-electron chi connectivity index (χ3n) is 4.23. The molecule has 1 unspecified atom stereocenters. The van der Waals surface area contributed by atoms with Gasteiger partial charge in [-0.25, -0.2) is 0 Å². The second-order valence-corrected chi connectivity index (χ2v) is 6.31. The van der Waals surface area contributed by atoms with Gasteiger partial charge in [-0.05, 0) is 37.8 Å². The molecule has 0 radical (unpaired) electrons. The predicted octanol–water partition coefficient (Wildman–Crippen LogP) is 3.47. The summed E-state index contributed by atoms with van der Waals surface area (Å²) in [5, 5.41) is 0. The maximum atomic E-state index is 4.28. The smallest absolute Gasteiger partial charge is 0.0475 e. The molecule has 1 heterocycles. The molecule has 1 fully saturated rings. The van der Waals surface area contributed by atoms with E-state index in [9.17, 15) is 0 Å². The third kappa shape index (κ3) is 4.80. The van der Waals surface area contributed by atoms with Crippen molar-refractivity contribution >= 4 is 12.6 Å². The molecule has 1 saturated heterocycles. The van der Waals surface area contributed by atoms with Crippen molar-refractivity contribution in [1.82, 2.24) is 9.80 Å². The molecule has 0 saturated carbocycles. The Bertz CT molecular complexity index is 369. The molecule has 0 aromatic heterocycles. The van der Waals surface area contributed by atoms with E-state index in [0.29, 0.717) is 6.04 Å². The predicted molar refractivity (Wildman–Crippen MR) is 90.6 cm³/mol. The van der Waals surface area contributed by atoms with E-state index in [4.69, 9.17) is 0 Å². The van der Waals surface area contributed by atoms with Gasteiger partial charge in [-0.2, -0.15) is 12.6 Å². The van der Waals surface area contributed by atoms with Gasteiger partial charge in [-0.1, -0.05) is 43.2 Å². The van der Waals surface area contributed by atoms with Crippen LogP contribution >= 0.6 is 12.6 Å². The van der Waals surface area contributed by atoms with Crippen LogP contribution in [-0.4, -0.2) is 48.8 Å². The first kappa shape index (κ1) is 15.9. The van der Waals surface area contributed by atoms with Crippen LogP contribution in [0, 0.1) is 0 Å². The number of hydrogen-bond donors (Lipinski definition) is 1. The topological polar surface area (TPSA) is 6.48 Å². The van der Waals surface area contributed by atoms with Crippen LogP contribution in [0.5, 0.6) is 0 Å². The first-order valence-corrected chi connectivity index (χ1v) is 8.53. The van der Waals surface area contributed by atoms with Gasteiger partial charge in [0.15, 0.2) is 0 Å². The maximum absolute atomic E-state index is 4.28. The molecule has 1 aromatic carbocycles. The summed E-state index contributed by atoms with van der Waals surface area (Å²) in [5.41, 5.74) is 1.47. The second-order valence-electron chi connectivity index (χ2n) is 5.86. The first-order chi connectivity index (χ1) is 9.81. The quantitative estimate of drug-likeness (QED) is 0.607. The van der Waals surface area contributed by atoms with Crippen LogP contribution in [0.3, 0.4) is 0 Å². The summed E-state index contributed by atoms with van der Waals surface area (Å²) in [6, 6.07) is 11.6. The van der Waals surface area contributed by atoms with Gasteiger partial charge in [0.2, 0.25) is 0 Å². The van der Waals surface area contributed by atoms with Crippen molar-refractivity contribution in [3.63, 3.8) is 0 Å². The number of unbranched alkanes of at least 4 members (excludes halogenated alkanes) is 3. The highest BCUT2D eigenvalue weighted by molar-refractivity contribution is 7.80. The molecule has 2 nitrogen and oxygen atoms in total. The molecule has 1 aliphatic rings. The van der Waals surface area contributed by atoms with Crippen LogP contribution in [0.4, 0.5) is 0 Å². The Morgan fingerprint density at radius 2 is 1.80 bits per heavy atom. The fraction of sp³-hybridized carbons (Fsp3) is 0.647. The molecule has 3 heteroatoms. The Kier molecular flexibility index (Phi) is 6.91. The summed E-state index contributed by atoms with van der Waals surface area (Å²) in [6.45, 7) is 4.78. The summed E-state index contributed by atoms with van der Waals surface area (Å²) in [5.74, 6) is 1.03. The highest BCUT2D eigenvalue weighted by Crippen LogP contribution is 2.25. The van der Waals surface area contributed by atoms with Crippen LogP contribution in [0.1, 0.15) is 37.3 Å². The molecule has 2 rings (SSSR count). The van der Waals surface area contributed by atoms with Crippen molar-refractivity contribution in [3.8, 4) is 0 Å². The standard InChI is InChI=1S/C17H28N2S/c1-18-12-13-19(11-7-2-3-8-14-20)17(15-18)16-9-5-4-6-10-16/h4-6,9-10,17,20H,2-3,7-8,11-15H2,1H3. The Morgan fingerprint density at radius 1 is 1.05 bits per heavy atom. The molecular weight excluding hydrogens is 264 g/mol. The van der Waals surface area contributed by atoms with Gasteiger partial charge in [0.1, 0.15) is 0 Å². The SMILES string of the molecule is CN1CCN(CCCCCCS)C(c2ccccc2)C1. The lowest BCUT2D eigenvalue weighted by Gasteiger charge is -2.40. The molecule has 0 amide bonds. The number of likely N-dealkylation sites (N-methyl/N-ethyl adjacent to an activating group) is 1. The highest BCUT2D eigenvalue weighted by atomic mass is 32.1. The Hall–Kier alpha value is -0.510. The first-order valence-electron chi connectivity index (χ1n) is 7.89. The van der Waals surface area contributed by atoms with E-state index < -0.39 is 0 Å². The number of thiol groups is 1. The normalized spacial score (nSPS) is 21.2. The molecule has 0 aliphatic carbocycles. The number of rotatable bonds is 7. The van der Waals surface area contributed by atoms with E-state index in [2.05, 4.69) is 59.8 Å². The van der Waals surface area contributed by atoms with Crippen LogP contribution < -0.4 is 0 Å². The summed E-state index contributed by atoms with van der Waals surface area (Å²) in [4.78, 5) is 5.13. The van der Waals surface area contributed by atoms with Gasteiger partial charge in [0.25, 0.3) is 0 Å². The molecular formula is C17H28N2S. The second kappa shape index (κ2) is 8.71. The third-order valence-corrected chi connectivity index (χ3v) is 4.55. The van der Waals surface area contributed by atoms with E-state index in [1.54, 1.807) is 0 Å². The van der Waals surface area contributed by atoms with Crippen LogP contribution in [-0.2, 0) is 0 Å². The van der Waals surface area contributed by atoms with Crippen molar-refractivity contribution in [2.45, 2.75) is 31.7 Å². The van der Waals surface area contributed by atoms with Crippen LogP contribution in [0.25, 0.3) is 0 Å². The lowest BCUT2D eigenvalue weighted by Crippen LogP contribution is -2.47. The monoisotopic (exact) mass is 292 g/mol. The average molecular weight is 292 g/mol. The Labute approximate surface area is 129 Å². The summed E-state index contributed by atoms with van der Waals surface area (Å²) >= 11 is 4.28. The Morgan fingerprint density at radius 3 is 2.55 bits per heavy atom. The molecule has 20 heavy (non-hydrogen) atoms. The number of nitrogens with zero attached hydrogens (tertiary/aromatic N) is 2. The van der Waals surface area contributed by atoms with E-state index in [0.717, 1.165) is 12.3 Å². The zero-order valence-electron chi connectivity index (χ0n) is 12.7. The summed E-state index contributed by atoms with van der Waals surface area (Å²) < 4.78 is 0. The molecule has 1 aromatic rings. The minimum atomic E-state index is 0.569. The van der Waals surface area contributed by atoms with Gasteiger partial charge < -0.3 is 4.90 Å². The Balaban J connectivity index is 1.88. The van der Waals surface area contributed by atoms with E-state index in [1.807, 2.05) is 0 Å². The molecule has 112 valence electrons. The molecule has 1 atom stereocenters. The minimum absolute atomic E-state index is 0.569. The molecule has 0 spiro atoms. The highest BCUT2D eigenvalue weighted by Gasteiger charge is 2.25. The van der Waals surface area contributed by atoms with Crippen molar-refractivity contribution in [1.29, 1.82) is 0 Å². The number of benzene rings is 1. The lowest BCUT2D eigenvalue weighted by molar-refractivity contribution is 0.0881. The zero-order valence-corrected chi connectivity index (χ0v) is 13.6. The average Bonchev–Trinajstić information content (AvgIpc) is 2.49. The van der Waals surface area contributed by atoms with E-state index >= 15 is 0 Å². The maximum Gasteiger partial charge on any atom is 0.0475 e. The zero-order chi connectivity index (χ0) is 14.2. The van der Waals surface area contributed by atoms with Crippen LogP contribution in [0.2, 0.25) is 0 Å². The molecule has 0 N–H and O–H groups in total. The summed E-state index contributed by atoms with van der Waals surface area (Å²) in [6.07, 6.45) is 5.25. The molecule has 0 bridgehead atoms. The van der Waals surface area contributed by atoms with Crippen LogP contribution in [0.15, 0.2) is 30.3 Å². The van der Waals surface area contributed by atoms with Gasteiger partial charge in [0.05, 0.1) is 0 Å². The fourth-order valence-corrected chi connectivity index (χ4v) is 3.22. The van der Waals surface area contributed by atoms with Gasteiger partial charge in [-0.3, -0.25) is 4.90 Å².